The molecule has 2 heterocycles. The number of hydrogen-bond acceptors (Lipinski definition) is 3. The van der Waals surface area contributed by atoms with E-state index in [2.05, 4.69) is 29.1 Å². The van der Waals surface area contributed by atoms with Gasteiger partial charge in [0.05, 0.1) is 0 Å². The van der Waals surface area contributed by atoms with Crippen molar-refractivity contribution in [2.75, 3.05) is 52.9 Å². The van der Waals surface area contributed by atoms with Crippen LogP contribution in [-0.4, -0.2) is 62.7 Å². The largest absolute Gasteiger partial charge is 0.319 e. The van der Waals surface area contributed by atoms with Crippen molar-refractivity contribution in [2.24, 2.45) is 11.8 Å². The minimum absolute atomic E-state index is 0.899. The molecule has 2 aliphatic heterocycles. The van der Waals surface area contributed by atoms with Gasteiger partial charge in [-0.05, 0) is 70.9 Å². The van der Waals surface area contributed by atoms with Crippen molar-refractivity contribution in [3.05, 3.63) is 0 Å². The number of hydrogen-bond donors (Lipinski definition) is 1. The molecule has 1 unspecified atom stereocenters. The summed E-state index contributed by atoms with van der Waals surface area (Å²) in [6, 6.07) is 0. The number of likely N-dealkylation sites (tertiary alicyclic amines) is 2. The van der Waals surface area contributed by atoms with Gasteiger partial charge in [0.15, 0.2) is 0 Å². The molecule has 1 atom stereocenters. The molecule has 3 nitrogen and oxygen atoms in total. The van der Waals surface area contributed by atoms with E-state index in [4.69, 9.17) is 0 Å². The highest BCUT2D eigenvalue weighted by molar-refractivity contribution is 4.80. The molecule has 0 aromatic rings. The van der Waals surface area contributed by atoms with Gasteiger partial charge in [-0.15, -0.1) is 0 Å². The highest BCUT2D eigenvalue weighted by atomic mass is 15.2. The van der Waals surface area contributed by atoms with E-state index in [1.165, 1.54) is 65.1 Å². The van der Waals surface area contributed by atoms with Crippen LogP contribution in [0.3, 0.4) is 0 Å². The summed E-state index contributed by atoms with van der Waals surface area (Å²) < 4.78 is 0. The van der Waals surface area contributed by atoms with E-state index in [0.717, 1.165) is 11.8 Å². The molecule has 2 fully saturated rings. The first-order valence-corrected chi connectivity index (χ1v) is 7.41. The summed E-state index contributed by atoms with van der Waals surface area (Å²) in [5, 5.41) is 3.31. The second-order valence-corrected chi connectivity index (χ2v) is 5.85. The molecular formula is C14H29N3. The number of rotatable bonds is 5. The lowest BCUT2D eigenvalue weighted by Crippen LogP contribution is -2.38. The summed E-state index contributed by atoms with van der Waals surface area (Å²) in [5.41, 5.74) is 0. The molecule has 0 amide bonds. The van der Waals surface area contributed by atoms with Crippen molar-refractivity contribution in [1.29, 1.82) is 0 Å². The van der Waals surface area contributed by atoms with Crippen LogP contribution in [0.2, 0.25) is 0 Å². The van der Waals surface area contributed by atoms with Gasteiger partial charge in [0.1, 0.15) is 0 Å². The van der Waals surface area contributed by atoms with E-state index >= 15 is 0 Å². The van der Waals surface area contributed by atoms with Gasteiger partial charge in [-0.25, -0.2) is 0 Å². The van der Waals surface area contributed by atoms with Crippen LogP contribution in [-0.2, 0) is 0 Å². The molecule has 0 aromatic heterocycles. The molecular weight excluding hydrogens is 210 g/mol. The Morgan fingerprint density at radius 2 is 1.65 bits per heavy atom. The van der Waals surface area contributed by atoms with Gasteiger partial charge in [0, 0.05) is 13.1 Å². The molecule has 100 valence electrons. The maximum atomic E-state index is 3.31. The van der Waals surface area contributed by atoms with E-state index in [-0.39, 0.29) is 0 Å². The third kappa shape index (κ3) is 3.94. The lowest BCUT2D eigenvalue weighted by Gasteiger charge is -2.33. The molecule has 0 saturated carbocycles. The smallest absolute Gasteiger partial charge is 0.00224 e. The van der Waals surface area contributed by atoms with E-state index in [0.29, 0.717) is 0 Å². The third-order valence-electron chi connectivity index (χ3n) is 4.53. The predicted octanol–water partition coefficient (Wildman–Crippen LogP) is 1.26. The molecule has 0 aromatic carbocycles. The van der Waals surface area contributed by atoms with Crippen LogP contribution in [0.4, 0.5) is 0 Å². The average Bonchev–Trinajstić information content (AvgIpc) is 2.78. The van der Waals surface area contributed by atoms with Crippen molar-refractivity contribution >= 4 is 0 Å². The zero-order chi connectivity index (χ0) is 12.1. The average molecular weight is 239 g/mol. The molecule has 3 heteroatoms. The van der Waals surface area contributed by atoms with Gasteiger partial charge in [0.2, 0.25) is 0 Å². The SMILES string of the molecule is CCN1CCC(CN2CCC(CNC)C2)CC1. The van der Waals surface area contributed by atoms with Crippen LogP contribution in [0.1, 0.15) is 26.2 Å². The molecule has 0 radical (unpaired) electrons. The molecule has 2 aliphatic rings. The standard InChI is InChI=1S/C14H29N3/c1-3-16-7-4-13(5-8-16)11-17-9-6-14(12-17)10-15-2/h13-15H,3-12H2,1-2H3. The minimum atomic E-state index is 0.899. The van der Waals surface area contributed by atoms with Crippen LogP contribution in [0, 0.1) is 11.8 Å². The number of nitrogens with zero attached hydrogens (tertiary/aromatic N) is 2. The zero-order valence-electron chi connectivity index (χ0n) is 11.6. The summed E-state index contributed by atoms with van der Waals surface area (Å²) in [7, 11) is 2.07. The fourth-order valence-corrected chi connectivity index (χ4v) is 3.38. The Labute approximate surface area is 107 Å². The first-order valence-electron chi connectivity index (χ1n) is 7.41. The van der Waals surface area contributed by atoms with Gasteiger partial charge < -0.3 is 15.1 Å². The van der Waals surface area contributed by atoms with Crippen LogP contribution in [0.15, 0.2) is 0 Å². The normalized spacial score (nSPS) is 28.9. The lowest BCUT2D eigenvalue weighted by atomic mass is 9.96. The van der Waals surface area contributed by atoms with Gasteiger partial charge in [-0.1, -0.05) is 6.92 Å². The van der Waals surface area contributed by atoms with E-state index in [1.54, 1.807) is 0 Å². The Morgan fingerprint density at radius 3 is 2.29 bits per heavy atom. The second-order valence-electron chi connectivity index (χ2n) is 5.85. The van der Waals surface area contributed by atoms with Gasteiger partial charge in [-0.3, -0.25) is 0 Å². The highest BCUT2D eigenvalue weighted by Crippen LogP contribution is 2.22. The molecule has 17 heavy (non-hydrogen) atoms. The Kier molecular flexibility index (Phi) is 5.26. The highest BCUT2D eigenvalue weighted by Gasteiger charge is 2.25. The summed E-state index contributed by atoms with van der Waals surface area (Å²) >= 11 is 0. The van der Waals surface area contributed by atoms with Crippen LogP contribution in [0.5, 0.6) is 0 Å². The Morgan fingerprint density at radius 1 is 1.00 bits per heavy atom. The quantitative estimate of drug-likeness (QED) is 0.779. The van der Waals surface area contributed by atoms with Crippen molar-refractivity contribution < 1.29 is 0 Å². The monoisotopic (exact) mass is 239 g/mol. The maximum absolute atomic E-state index is 3.31. The Bertz CT molecular complexity index is 212. The van der Waals surface area contributed by atoms with Gasteiger partial charge in [0.25, 0.3) is 0 Å². The molecule has 1 N–H and O–H groups in total. The fraction of sp³-hybridized carbons (Fsp3) is 1.00. The first-order chi connectivity index (χ1) is 8.31. The Balaban J connectivity index is 1.65. The third-order valence-corrected chi connectivity index (χ3v) is 4.53. The van der Waals surface area contributed by atoms with E-state index < -0.39 is 0 Å². The molecule has 0 spiro atoms. The zero-order valence-corrected chi connectivity index (χ0v) is 11.6. The summed E-state index contributed by atoms with van der Waals surface area (Å²) in [5.74, 6) is 1.86. The minimum Gasteiger partial charge on any atom is -0.319 e. The molecule has 2 saturated heterocycles. The van der Waals surface area contributed by atoms with Crippen molar-refractivity contribution in [2.45, 2.75) is 26.2 Å². The van der Waals surface area contributed by atoms with Crippen molar-refractivity contribution in [3.8, 4) is 0 Å². The second kappa shape index (κ2) is 6.72. The van der Waals surface area contributed by atoms with Crippen LogP contribution in [0.25, 0.3) is 0 Å². The van der Waals surface area contributed by atoms with Crippen LogP contribution < -0.4 is 5.32 Å². The van der Waals surface area contributed by atoms with Gasteiger partial charge >= 0.3 is 0 Å². The van der Waals surface area contributed by atoms with E-state index in [1.807, 2.05) is 0 Å². The lowest BCUT2D eigenvalue weighted by molar-refractivity contribution is 0.157. The number of nitrogens with one attached hydrogen (secondary N) is 1. The van der Waals surface area contributed by atoms with Crippen molar-refractivity contribution in [3.63, 3.8) is 0 Å². The Hall–Kier alpha value is -0.120. The van der Waals surface area contributed by atoms with Crippen LogP contribution >= 0.6 is 0 Å². The predicted molar refractivity (Wildman–Crippen MR) is 73.3 cm³/mol. The van der Waals surface area contributed by atoms with E-state index in [9.17, 15) is 0 Å². The maximum Gasteiger partial charge on any atom is 0.00224 e. The molecule has 0 bridgehead atoms. The summed E-state index contributed by atoms with van der Waals surface area (Å²) in [6.07, 6.45) is 4.23. The summed E-state index contributed by atoms with van der Waals surface area (Å²) in [4.78, 5) is 5.29. The first kappa shape index (κ1) is 13.3. The summed E-state index contributed by atoms with van der Waals surface area (Å²) in [6.45, 7) is 11.4. The molecule has 0 aliphatic carbocycles. The van der Waals surface area contributed by atoms with Crippen molar-refractivity contribution in [1.82, 2.24) is 15.1 Å². The molecule has 2 rings (SSSR count). The number of piperidine rings is 1. The topological polar surface area (TPSA) is 18.5 Å². The van der Waals surface area contributed by atoms with Gasteiger partial charge in [-0.2, -0.15) is 0 Å². The fourth-order valence-electron chi connectivity index (χ4n) is 3.38.